The number of likely N-dealkylation sites (tertiary alicyclic amines) is 1. The van der Waals surface area contributed by atoms with Gasteiger partial charge in [-0.25, -0.2) is 19.3 Å². The van der Waals surface area contributed by atoms with E-state index in [9.17, 15) is 9.18 Å². The second kappa shape index (κ2) is 12.4. The van der Waals surface area contributed by atoms with E-state index in [0.29, 0.717) is 45.4 Å². The molecule has 1 amide bonds. The molecule has 1 saturated heterocycles. The molecular weight excluding hydrogens is 583 g/mol. The van der Waals surface area contributed by atoms with Gasteiger partial charge in [0.05, 0.1) is 46.8 Å². The zero-order chi connectivity index (χ0) is 30.8. The molecule has 0 aliphatic carbocycles. The molecule has 12 heteroatoms. The highest BCUT2D eigenvalue weighted by Crippen LogP contribution is 2.39. The summed E-state index contributed by atoms with van der Waals surface area (Å²) >= 11 is 1.55. The Morgan fingerprint density at radius 1 is 1.02 bits per heavy atom. The Bertz CT molecular complexity index is 1890. The Morgan fingerprint density at radius 2 is 1.84 bits per heavy atom. The van der Waals surface area contributed by atoms with Gasteiger partial charge in [0.15, 0.2) is 5.83 Å². The Morgan fingerprint density at radius 3 is 2.61 bits per heavy atom. The van der Waals surface area contributed by atoms with Crippen molar-refractivity contribution in [2.24, 2.45) is 0 Å². The average molecular weight is 615 g/mol. The van der Waals surface area contributed by atoms with Crippen LogP contribution in [0.4, 0.5) is 21.6 Å². The lowest BCUT2D eigenvalue weighted by molar-refractivity contribution is -0.114. The molecule has 5 aromatic rings. The summed E-state index contributed by atoms with van der Waals surface area (Å²) in [5.74, 6) is 0.963. The number of nitrogens with zero attached hydrogens (tertiary/aromatic N) is 4. The fraction of sp³-hybridized carbons (Fsp3) is 0.250. The molecule has 2 N–H and O–H groups in total. The minimum Gasteiger partial charge on any atom is -0.494 e. The van der Waals surface area contributed by atoms with Crippen LogP contribution in [0.1, 0.15) is 18.4 Å². The Labute approximate surface area is 257 Å². The molecule has 0 unspecified atom stereocenters. The molecule has 2 aromatic heterocycles. The van der Waals surface area contributed by atoms with Gasteiger partial charge in [-0.05, 0) is 69.3 Å². The zero-order valence-electron chi connectivity index (χ0n) is 24.7. The molecule has 3 aromatic carbocycles. The summed E-state index contributed by atoms with van der Waals surface area (Å²) in [7, 11) is 4.97. The summed E-state index contributed by atoms with van der Waals surface area (Å²) in [4.78, 5) is 28.0. The predicted octanol–water partition coefficient (Wildman–Crippen LogP) is 6.99. The molecule has 1 fully saturated rings. The number of fused-ring (bicyclic) bond motifs is 2. The fourth-order valence-corrected chi connectivity index (χ4v) is 5.93. The third-order valence-electron chi connectivity index (χ3n) is 7.62. The predicted molar refractivity (Wildman–Crippen MR) is 170 cm³/mol. The largest absolute Gasteiger partial charge is 0.494 e. The van der Waals surface area contributed by atoms with Crippen LogP contribution in [0, 0.1) is 6.92 Å². The van der Waals surface area contributed by atoms with Crippen molar-refractivity contribution in [1.82, 2.24) is 19.9 Å². The van der Waals surface area contributed by atoms with Crippen molar-refractivity contribution in [2.75, 3.05) is 38.4 Å². The summed E-state index contributed by atoms with van der Waals surface area (Å²) in [6.07, 6.45) is 4.56. The first kappa shape index (κ1) is 29.3. The van der Waals surface area contributed by atoms with Gasteiger partial charge < -0.3 is 24.8 Å². The van der Waals surface area contributed by atoms with Crippen LogP contribution in [-0.4, -0.2) is 59.6 Å². The van der Waals surface area contributed by atoms with Gasteiger partial charge in [-0.2, -0.15) is 0 Å². The van der Waals surface area contributed by atoms with Crippen LogP contribution in [0.15, 0.2) is 66.2 Å². The molecule has 0 saturated carbocycles. The van der Waals surface area contributed by atoms with Crippen molar-refractivity contribution in [3.63, 3.8) is 0 Å². The van der Waals surface area contributed by atoms with E-state index in [2.05, 4.69) is 25.6 Å². The molecule has 226 valence electrons. The molecule has 44 heavy (non-hydrogen) atoms. The topological polar surface area (TPSA) is 111 Å². The number of carbonyl (C=O) groups excluding carboxylic acids is 1. The van der Waals surface area contributed by atoms with Crippen LogP contribution in [0.5, 0.6) is 23.0 Å². The number of amides is 1. The zero-order valence-corrected chi connectivity index (χ0v) is 25.5. The van der Waals surface area contributed by atoms with Gasteiger partial charge in [0.2, 0.25) is 0 Å². The fourth-order valence-electron chi connectivity index (χ4n) is 5.22. The molecule has 10 nitrogen and oxygen atoms in total. The van der Waals surface area contributed by atoms with Crippen molar-refractivity contribution in [3.8, 4) is 23.0 Å². The monoisotopic (exact) mass is 614 g/mol. The summed E-state index contributed by atoms with van der Waals surface area (Å²) in [5, 5.41) is 6.57. The highest BCUT2D eigenvalue weighted by Gasteiger charge is 2.22. The number of carbonyl (C=O) groups is 1. The average Bonchev–Trinajstić information content (AvgIpc) is 3.66. The number of rotatable bonds is 9. The number of halogens is 1. The Kier molecular flexibility index (Phi) is 8.27. The van der Waals surface area contributed by atoms with Gasteiger partial charge in [-0.3, -0.25) is 9.69 Å². The van der Waals surface area contributed by atoms with Crippen LogP contribution in [0.25, 0.3) is 21.1 Å². The van der Waals surface area contributed by atoms with Crippen molar-refractivity contribution in [2.45, 2.75) is 25.8 Å². The van der Waals surface area contributed by atoms with Gasteiger partial charge in [0.1, 0.15) is 35.1 Å². The number of hydrogen-bond acceptors (Lipinski definition) is 10. The maximum atomic E-state index is 14.9. The highest BCUT2D eigenvalue weighted by molar-refractivity contribution is 7.16. The van der Waals surface area contributed by atoms with Crippen molar-refractivity contribution < 1.29 is 23.4 Å². The van der Waals surface area contributed by atoms with E-state index in [1.807, 2.05) is 49.2 Å². The lowest BCUT2D eigenvalue weighted by Crippen LogP contribution is -2.24. The van der Waals surface area contributed by atoms with Gasteiger partial charge in [-0.1, -0.05) is 0 Å². The number of aryl methyl sites for hydroxylation is 1. The molecule has 1 aliphatic rings. The number of benzene rings is 3. The lowest BCUT2D eigenvalue weighted by Gasteiger charge is -2.17. The number of likely N-dealkylation sites (N-methyl/N-ethyl adjacent to an activating group) is 1. The summed E-state index contributed by atoms with van der Waals surface area (Å²) < 4.78 is 33.3. The van der Waals surface area contributed by atoms with Gasteiger partial charge >= 0.3 is 0 Å². The van der Waals surface area contributed by atoms with E-state index in [0.717, 1.165) is 35.2 Å². The van der Waals surface area contributed by atoms with E-state index in [-0.39, 0.29) is 11.7 Å². The Balaban J connectivity index is 1.28. The quantitative estimate of drug-likeness (QED) is 0.170. The summed E-state index contributed by atoms with van der Waals surface area (Å²) in [6.45, 7) is 2.81. The molecule has 1 atom stereocenters. The SMILES string of the molecule is COc1cc2ncnc(Nc3cc(C)c(Oc4ccc5ncsc5c4)cc3OC)c2cc1NC(=O)/C(F)=C/[C@H]1CCCN1C. The van der Waals surface area contributed by atoms with Crippen molar-refractivity contribution in [3.05, 3.63) is 71.8 Å². The smallest absolute Gasteiger partial charge is 0.284 e. The number of thiazole rings is 1. The summed E-state index contributed by atoms with van der Waals surface area (Å²) in [5.41, 5.74) is 5.09. The molecule has 1 aliphatic heterocycles. The van der Waals surface area contributed by atoms with E-state index >= 15 is 0 Å². The van der Waals surface area contributed by atoms with E-state index in [1.54, 1.807) is 36.1 Å². The van der Waals surface area contributed by atoms with Gasteiger partial charge in [-0.15, -0.1) is 11.3 Å². The van der Waals surface area contributed by atoms with E-state index in [4.69, 9.17) is 14.2 Å². The number of anilines is 3. The Hall–Kier alpha value is -4.81. The second-order valence-electron chi connectivity index (χ2n) is 10.5. The molecular formula is C32H31FN6O4S. The van der Waals surface area contributed by atoms with Crippen molar-refractivity contribution >= 4 is 55.6 Å². The number of methoxy groups -OCH3 is 2. The van der Waals surface area contributed by atoms with Crippen LogP contribution in [-0.2, 0) is 4.79 Å². The summed E-state index contributed by atoms with van der Waals surface area (Å²) in [6, 6.07) is 12.7. The number of nitrogens with one attached hydrogen (secondary N) is 2. The molecule has 0 bridgehead atoms. The maximum absolute atomic E-state index is 14.9. The first-order valence-corrected chi connectivity index (χ1v) is 14.9. The number of aromatic nitrogens is 3. The highest BCUT2D eigenvalue weighted by atomic mass is 32.1. The second-order valence-corrected chi connectivity index (χ2v) is 11.4. The minimum absolute atomic E-state index is 0.110. The molecule has 0 radical (unpaired) electrons. The van der Waals surface area contributed by atoms with E-state index in [1.165, 1.54) is 19.5 Å². The maximum Gasteiger partial charge on any atom is 0.284 e. The first-order chi connectivity index (χ1) is 21.3. The minimum atomic E-state index is -0.850. The standard InChI is InChI=1S/C32H31FN6O4S/c1-18-10-25(29(42-4)15-27(18)43-20-7-8-23-30(12-20)44-17-36-23)37-31-21-13-26(28(41-3)14-24(21)34-16-35-31)38-32(40)22(33)11-19-6-5-9-39(19)2/h7-8,10-17,19H,5-6,9H2,1-4H3,(H,38,40)(H,34,35,37)/b22-11-/t19-/m1/s1. The van der Waals surface area contributed by atoms with Crippen molar-refractivity contribution in [1.29, 1.82) is 0 Å². The van der Waals surface area contributed by atoms with E-state index < -0.39 is 11.7 Å². The van der Waals surface area contributed by atoms with Crippen LogP contribution >= 0.6 is 11.3 Å². The van der Waals surface area contributed by atoms with Crippen LogP contribution in [0.2, 0.25) is 0 Å². The van der Waals surface area contributed by atoms with Crippen LogP contribution in [0.3, 0.4) is 0 Å². The normalized spacial score (nSPS) is 15.5. The van der Waals surface area contributed by atoms with Gasteiger partial charge in [0.25, 0.3) is 5.91 Å². The third kappa shape index (κ3) is 5.99. The number of hydrogen-bond donors (Lipinski definition) is 2. The third-order valence-corrected chi connectivity index (χ3v) is 8.41. The molecule has 0 spiro atoms. The molecule has 3 heterocycles. The van der Waals surface area contributed by atoms with Gasteiger partial charge in [0, 0.05) is 29.6 Å². The van der Waals surface area contributed by atoms with Crippen LogP contribution < -0.4 is 24.8 Å². The first-order valence-electron chi connectivity index (χ1n) is 14.0. The molecule has 6 rings (SSSR count). The lowest BCUT2D eigenvalue weighted by atomic mass is 10.1. The number of ether oxygens (including phenoxy) is 3.